The second kappa shape index (κ2) is 1.19. The van der Waals surface area contributed by atoms with E-state index in [1.807, 2.05) is 0 Å². The van der Waals surface area contributed by atoms with E-state index in [0.29, 0.717) is 5.54 Å². The van der Waals surface area contributed by atoms with Crippen molar-refractivity contribution in [3.05, 3.63) is 0 Å². The van der Waals surface area contributed by atoms with Gasteiger partial charge in [-0.25, -0.2) is 0 Å². The number of rotatable bonds is 0. The lowest BCUT2D eigenvalue weighted by molar-refractivity contribution is -0.175. The lowest BCUT2D eigenvalue weighted by Crippen LogP contribution is -2.60. The van der Waals surface area contributed by atoms with Gasteiger partial charge in [0.2, 0.25) is 0 Å². The van der Waals surface area contributed by atoms with Gasteiger partial charge in [-0.1, -0.05) is 0 Å². The molecular weight excluding hydrogens is 134 g/mol. The molecule has 60 valence electrons. The molecule has 4 saturated carbocycles. The molecule has 0 saturated heterocycles. The van der Waals surface area contributed by atoms with Crippen molar-refractivity contribution < 1.29 is 0 Å². The zero-order valence-corrected chi connectivity index (χ0v) is 6.84. The minimum Gasteiger partial charge on any atom is -0.325 e. The predicted molar refractivity (Wildman–Crippen MR) is 42.9 cm³/mol. The molecule has 1 spiro atoms. The van der Waals surface area contributed by atoms with Gasteiger partial charge in [-0.3, -0.25) is 0 Å². The van der Waals surface area contributed by atoms with Crippen LogP contribution >= 0.6 is 0 Å². The Balaban J connectivity index is 1.90. The first-order valence-electron chi connectivity index (χ1n) is 5.02. The van der Waals surface area contributed by atoms with Gasteiger partial charge in [0.05, 0.1) is 0 Å². The zero-order valence-electron chi connectivity index (χ0n) is 6.84. The number of fused-ring (bicyclic) bond motifs is 1. The Morgan fingerprint density at radius 1 is 1.00 bits per heavy atom. The van der Waals surface area contributed by atoms with E-state index in [1.54, 1.807) is 0 Å². The normalized spacial score (nSPS) is 75.5. The third-order valence-corrected chi connectivity index (χ3v) is 5.38. The first-order valence-corrected chi connectivity index (χ1v) is 5.02. The van der Waals surface area contributed by atoms with Crippen molar-refractivity contribution in [1.82, 2.24) is 0 Å². The summed E-state index contributed by atoms with van der Waals surface area (Å²) in [5, 5.41) is 0. The highest BCUT2D eigenvalue weighted by atomic mass is 14.9. The second-order valence-corrected chi connectivity index (χ2v) is 5.62. The van der Waals surface area contributed by atoms with E-state index in [1.165, 1.54) is 32.1 Å². The summed E-state index contributed by atoms with van der Waals surface area (Å²) in [5.74, 6) is 3.28. The Hall–Kier alpha value is -0.0400. The van der Waals surface area contributed by atoms with Crippen molar-refractivity contribution in [1.29, 1.82) is 0 Å². The van der Waals surface area contributed by atoms with Crippen LogP contribution in [0.4, 0.5) is 0 Å². The fourth-order valence-corrected chi connectivity index (χ4v) is 5.14. The molecule has 0 aromatic heterocycles. The van der Waals surface area contributed by atoms with Crippen LogP contribution in [0, 0.1) is 23.2 Å². The highest BCUT2D eigenvalue weighted by Gasteiger charge is 2.76. The SMILES string of the molecule is NC12CC3CC4CC(C1)C43C2. The van der Waals surface area contributed by atoms with Crippen LogP contribution in [0.25, 0.3) is 0 Å². The Kier molecular flexibility index (Phi) is 0.602. The summed E-state index contributed by atoms with van der Waals surface area (Å²) in [5.41, 5.74) is 7.49. The molecule has 0 aromatic rings. The molecule has 11 heavy (non-hydrogen) atoms. The van der Waals surface area contributed by atoms with Crippen LogP contribution < -0.4 is 5.73 Å². The number of hydrogen-bond donors (Lipinski definition) is 1. The van der Waals surface area contributed by atoms with Crippen LogP contribution in [0.15, 0.2) is 0 Å². The van der Waals surface area contributed by atoms with Crippen molar-refractivity contribution >= 4 is 0 Å². The zero-order chi connectivity index (χ0) is 7.27. The fourth-order valence-electron chi connectivity index (χ4n) is 5.14. The smallest absolute Gasteiger partial charge is 0.0165 e. The largest absolute Gasteiger partial charge is 0.325 e. The molecule has 0 aromatic carbocycles. The van der Waals surface area contributed by atoms with Crippen molar-refractivity contribution in [3.63, 3.8) is 0 Å². The topological polar surface area (TPSA) is 26.0 Å². The molecule has 4 aliphatic rings. The van der Waals surface area contributed by atoms with E-state index in [9.17, 15) is 0 Å². The highest BCUT2D eigenvalue weighted by molar-refractivity contribution is 5.28. The number of nitrogens with two attached hydrogens (primary N) is 1. The minimum absolute atomic E-state index is 0.320. The second-order valence-electron chi connectivity index (χ2n) is 5.62. The molecule has 2 unspecified atom stereocenters. The summed E-state index contributed by atoms with van der Waals surface area (Å²) in [4.78, 5) is 0. The fraction of sp³-hybridized carbons (Fsp3) is 1.00. The monoisotopic (exact) mass is 149 g/mol. The Labute approximate surface area is 67.3 Å². The van der Waals surface area contributed by atoms with Crippen LogP contribution in [-0.4, -0.2) is 5.54 Å². The van der Waals surface area contributed by atoms with E-state index in [4.69, 9.17) is 5.73 Å². The first-order chi connectivity index (χ1) is 5.23. The standard InChI is InChI=1S/C10H15N/c11-9-3-7-1-6-2-8(4-9)10(6,7)5-9/h6-8H,1-5,11H2. The molecule has 1 nitrogen and oxygen atoms in total. The average molecular weight is 149 g/mol. The van der Waals surface area contributed by atoms with Gasteiger partial charge in [-0.15, -0.1) is 0 Å². The summed E-state index contributed by atoms with van der Waals surface area (Å²) in [7, 11) is 0. The van der Waals surface area contributed by atoms with Gasteiger partial charge in [-0.2, -0.15) is 0 Å². The molecule has 0 radical (unpaired) electrons. The van der Waals surface area contributed by atoms with E-state index in [0.717, 1.165) is 23.2 Å². The summed E-state index contributed by atoms with van der Waals surface area (Å²) < 4.78 is 0. The molecule has 0 heterocycles. The van der Waals surface area contributed by atoms with Gasteiger partial charge in [-0.05, 0) is 55.3 Å². The van der Waals surface area contributed by atoms with E-state index in [-0.39, 0.29) is 0 Å². The molecule has 2 atom stereocenters. The van der Waals surface area contributed by atoms with E-state index >= 15 is 0 Å². The van der Waals surface area contributed by atoms with Crippen LogP contribution in [0.2, 0.25) is 0 Å². The maximum Gasteiger partial charge on any atom is 0.0165 e. The van der Waals surface area contributed by atoms with Crippen molar-refractivity contribution in [2.24, 2.45) is 28.9 Å². The van der Waals surface area contributed by atoms with Crippen LogP contribution in [0.5, 0.6) is 0 Å². The third-order valence-electron chi connectivity index (χ3n) is 5.38. The lowest BCUT2D eigenvalue weighted by Gasteiger charge is -2.66. The van der Waals surface area contributed by atoms with Gasteiger partial charge in [0.25, 0.3) is 0 Å². The molecule has 1 heteroatoms. The molecule has 2 N–H and O–H groups in total. The van der Waals surface area contributed by atoms with Crippen molar-refractivity contribution in [3.8, 4) is 0 Å². The van der Waals surface area contributed by atoms with Gasteiger partial charge < -0.3 is 5.73 Å². The van der Waals surface area contributed by atoms with Gasteiger partial charge in [0, 0.05) is 5.54 Å². The summed E-state index contributed by atoms with van der Waals surface area (Å²) in [6.45, 7) is 0. The Morgan fingerprint density at radius 2 is 1.64 bits per heavy atom. The Morgan fingerprint density at radius 3 is 2.00 bits per heavy atom. The van der Waals surface area contributed by atoms with E-state index < -0.39 is 0 Å². The number of hydrogen-bond acceptors (Lipinski definition) is 1. The molecule has 0 amide bonds. The summed E-state index contributed by atoms with van der Waals surface area (Å²) in [6.07, 6.45) is 7.23. The van der Waals surface area contributed by atoms with Crippen LogP contribution in [-0.2, 0) is 0 Å². The molecule has 4 rings (SSSR count). The average Bonchev–Trinajstić information content (AvgIpc) is 2.32. The van der Waals surface area contributed by atoms with Crippen LogP contribution in [0.1, 0.15) is 32.1 Å². The molecule has 2 bridgehead atoms. The summed E-state index contributed by atoms with van der Waals surface area (Å²) >= 11 is 0. The van der Waals surface area contributed by atoms with Crippen molar-refractivity contribution in [2.75, 3.05) is 0 Å². The molecule has 4 aliphatic carbocycles. The van der Waals surface area contributed by atoms with Gasteiger partial charge in [0.15, 0.2) is 0 Å². The van der Waals surface area contributed by atoms with Gasteiger partial charge in [0.1, 0.15) is 0 Å². The maximum atomic E-state index is 6.33. The molecule has 0 aliphatic heterocycles. The molecular formula is C10H15N. The third kappa shape index (κ3) is 0.358. The van der Waals surface area contributed by atoms with Gasteiger partial charge >= 0.3 is 0 Å². The van der Waals surface area contributed by atoms with Crippen LogP contribution in [0.3, 0.4) is 0 Å². The summed E-state index contributed by atoms with van der Waals surface area (Å²) in [6, 6.07) is 0. The maximum absolute atomic E-state index is 6.33. The quantitative estimate of drug-likeness (QED) is 0.555. The minimum atomic E-state index is 0.320. The first kappa shape index (κ1) is 5.58. The Bertz CT molecular complexity index is 229. The molecule has 4 fully saturated rings. The lowest BCUT2D eigenvalue weighted by atomic mass is 9.38. The predicted octanol–water partition coefficient (Wildman–Crippen LogP) is 1.52. The highest BCUT2D eigenvalue weighted by Crippen LogP contribution is 2.81. The van der Waals surface area contributed by atoms with Crippen molar-refractivity contribution in [2.45, 2.75) is 37.6 Å². The van der Waals surface area contributed by atoms with E-state index in [2.05, 4.69) is 0 Å².